The van der Waals surface area contributed by atoms with E-state index in [9.17, 15) is 4.79 Å². The molecule has 1 aromatic carbocycles. The number of anilines is 1. The zero-order valence-corrected chi connectivity index (χ0v) is 14.5. The Morgan fingerprint density at radius 2 is 2.04 bits per heavy atom. The van der Waals surface area contributed by atoms with E-state index in [4.69, 9.17) is 22.1 Å². The van der Waals surface area contributed by atoms with Crippen molar-refractivity contribution in [2.45, 2.75) is 18.9 Å². The summed E-state index contributed by atoms with van der Waals surface area (Å²) < 4.78 is 5.24. The molecule has 6 nitrogen and oxygen atoms in total. The number of hydrogen-bond donors (Lipinski definition) is 2. The number of nitrogens with zero attached hydrogens (tertiary/aromatic N) is 1. The summed E-state index contributed by atoms with van der Waals surface area (Å²) in [5, 5.41) is 3.50. The highest BCUT2D eigenvalue weighted by molar-refractivity contribution is 6.33. The number of rotatable bonds is 3. The van der Waals surface area contributed by atoms with Crippen molar-refractivity contribution in [3.63, 3.8) is 0 Å². The van der Waals surface area contributed by atoms with Crippen molar-refractivity contribution in [3.8, 4) is 5.75 Å². The van der Waals surface area contributed by atoms with Crippen molar-refractivity contribution in [2.75, 3.05) is 32.5 Å². The molecule has 1 aromatic rings. The molecule has 1 atom stereocenters. The Labute approximate surface area is 147 Å². The van der Waals surface area contributed by atoms with Crippen molar-refractivity contribution in [3.05, 3.63) is 22.7 Å². The van der Waals surface area contributed by atoms with E-state index in [0.29, 0.717) is 27.9 Å². The van der Waals surface area contributed by atoms with Gasteiger partial charge in [-0.3, -0.25) is 4.79 Å². The molecule has 0 aromatic heterocycles. The summed E-state index contributed by atoms with van der Waals surface area (Å²) in [6, 6.07) is 3.38. The second-order valence-electron chi connectivity index (χ2n) is 5.79. The van der Waals surface area contributed by atoms with Gasteiger partial charge in [-0.1, -0.05) is 11.6 Å². The molecule has 1 unspecified atom stereocenters. The second kappa shape index (κ2) is 8.06. The van der Waals surface area contributed by atoms with Gasteiger partial charge >= 0.3 is 0 Å². The van der Waals surface area contributed by atoms with Gasteiger partial charge in [-0.15, -0.1) is 12.4 Å². The fourth-order valence-corrected chi connectivity index (χ4v) is 3.45. The van der Waals surface area contributed by atoms with E-state index < -0.39 is 0 Å². The zero-order valence-electron chi connectivity index (χ0n) is 13.0. The zero-order chi connectivity index (χ0) is 15.0. The lowest BCUT2D eigenvalue weighted by Crippen LogP contribution is -2.57. The topological polar surface area (TPSA) is 99.1 Å². The van der Waals surface area contributed by atoms with Gasteiger partial charge in [0.2, 0.25) is 0 Å². The van der Waals surface area contributed by atoms with Crippen LogP contribution in [0, 0.1) is 5.92 Å². The third kappa shape index (κ3) is 4.01. The first kappa shape index (κ1) is 19.8. The minimum Gasteiger partial charge on any atom is -0.496 e. The van der Waals surface area contributed by atoms with Crippen LogP contribution in [0.4, 0.5) is 5.69 Å². The summed E-state index contributed by atoms with van der Waals surface area (Å²) in [5.74, 6) is 0.886. The highest BCUT2D eigenvalue weighted by Gasteiger charge is 2.35. The van der Waals surface area contributed by atoms with E-state index in [1.807, 2.05) is 0 Å². The van der Waals surface area contributed by atoms with Crippen LogP contribution in [0.2, 0.25) is 5.02 Å². The minimum atomic E-state index is -0.146. The average molecular weight is 364 g/mol. The molecule has 130 valence electrons. The molecule has 8 heteroatoms. The van der Waals surface area contributed by atoms with Gasteiger partial charge in [0.1, 0.15) is 5.75 Å². The highest BCUT2D eigenvalue weighted by atomic mass is 35.5. The Balaban J connectivity index is 0.00000132. The predicted octanol–water partition coefficient (Wildman–Crippen LogP) is 1.35. The van der Waals surface area contributed by atoms with E-state index in [-0.39, 0.29) is 29.8 Å². The normalized spacial score (nSPS) is 25.0. The number of hydrogen-bond acceptors (Lipinski definition) is 4. The molecule has 23 heavy (non-hydrogen) atoms. The predicted molar refractivity (Wildman–Crippen MR) is 93.7 cm³/mol. The maximum Gasteiger partial charge on any atom is 0.255 e. The highest BCUT2D eigenvalue weighted by Crippen LogP contribution is 2.31. The number of fused-ring (bicyclic) bond motifs is 3. The van der Waals surface area contributed by atoms with E-state index in [2.05, 4.69) is 10.2 Å². The molecule has 3 aliphatic heterocycles. The summed E-state index contributed by atoms with van der Waals surface area (Å²) in [7, 11) is 1.52. The largest absolute Gasteiger partial charge is 0.496 e. The summed E-state index contributed by atoms with van der Waals surface area (Å²) in [5.41, 5.74) is 6.60. The van der Waals surface area contributed by atoms with Gasteiger partial charge in [0.15, 0.2) is 0 Å². The number of nitrogens with one attached hydrogen (secondary N) is 1. The molecule has 0 radical (unpaired) electrons. The molecule has 5 N–H and O–H groups in total. The SMILES string of the molecule is COc1cc(N)c(Cl)cc1C(=O)NC1CN2CCC1CC2.Cl.O. The Kier molecular flexibility index (Phi) is 6.95. The average Bonchev–Trinajstić information content (AvgIpc) is 2.50. The standard InChI is InChI=1S/C15H20ClN3O2.ClH.H2O/c1-21-14-7-12(17)11(16)6-10(14)15(20)18-13-8-19-4-2-9(13)3-5-19;;/h6-7,9,13H,2-5,8,17H2,1H3,(H,18,20);1H;1H2. The van der Waals surface area contributed by atoms with Crippen LogP contribution in [-0.4, -0.2) is 49.1 Å². The summed E-state index contributed by atoms with van der Waals surface area (Å²) in [4.78, 5) is 14.9. The quantitative estimate of drug-likeness (QED) is 0.791. The first-order chi connectivity index (χ1) is 10.1. The number of carbonyl (C=O) groups excluding carboxylic acids is 1. The van der Waals surface area contributed by atoms with Crippen LogP contribution in [0.3, 0.4) is 0 Å². The molecule has 3 saturated heterocycles. The van der Waals surface area contributed by atoms with Crippen molar-refractivity contribution in [1.29, 1.82) is 0 Å². The monoisotopic (exact) mass is 363 g/mol. The lowest BCUT2D eigenvalue weighted by Gasteiger charge is -2.44. The third-order valence-electron chi connectivity index (χ3n) is 4.54. The lowest BCUT2D eigenvalue weighted by molar-refractivity contribution is 0.0619. The van der Waals surface area contributed by atoms with Crippen molar-refractivity contribution >= 4 is 35.6 Å². The van der Waals surface area contributed by atoms with Gasteiger partial charge in [0.25, 0.3) is 5.91 Å². The first-order valence-corrected chi connectivity index (χ1v) is 7.62. The molecule has 4 rings (SSSR count). The molecule has 0 saturated carbocycles. The number of ether oxygens (including phenoxy) is 1. The lowest BCUT2D eigenvalue weighted by atomic mass is 9.84. The van der Waals surface area contributed by atoms with Crippen LogP contribution in [0.5, 0.6) is 5.75 Å². The molecule has 3 heterocycles. The molecule has 2 bridgehead atoms. The van der Waals surface area contributed by atoms with Crippen LogP contribution >= 0.6 is 24.0 Å². The Hall–Kier alpha value is -1.21. The maximum atomic E-state index is 12.5. The van der Waals surface area contributed by atoms with Crippen molar-refractivity contribution in [2.24, 2.45) is 5.92 Å². The minimum absolute atomic E-state index is 0. The molecular weight excluding hydrogens is 341 g/mol. The van der Waals surface area contributed by atoms with Gasteiger partial charge in [-0.2, -0.15) is 0 Å². The first-order valence-electron chi connectivity index (χ1n) is 7.24. The molecule has 3 fully saturated rings. The molecular formula is C15H23Cl2N3O3. The molecule has 0 spiro atoms. The fourth-order valence-electron chi connectivity index (χ4n) is 3.29. The molecule has 3 aliphatic rings. The fraction of sp³-hybridized carbons (Fsp3) is 0.533. The van der Waals surface area contributed by atoms with Crippen LogP contribution in [0.25, 0.3) is 0 Å². The van der Waals surface area contributed by atoms with Crippen molar-refractivity contribution < 1.29 is 15.0 Å². The van der Waals surface area contributed by atoms with E-state index in [1.54, 1.807) is 12.1 Å². The summed E-state index contributed by atoms with van der Waals surface area (Å²) >= 11 is 6.02. The van der Waals surface area contributed by atoms with Gasteiger partial charge in [-0.05, 0) is 37.9 Å². The van der Waals surface area contributed by atoms with Gasteiger partial charge in [0.05, 0.1) is 23.4 Å². The Morgan fingerprint density at radius 3 is 2.57 bits per heavy atom. The number of piperidine rings is 3. The van der Waals surface area contributed by atoms with Crippen LogP contribution in [0.1, 0.15) is 23.2 Å². The smallest absolute Gasteiger partial charge is 0.255 e. The summed E-state index contributed by atoms with van der Waals surface area (Å²) in [6.07, 6.45) is 2.31. The number of carbonyl (C=O) groups is 1. The van der Waals surface area contributed by atoms with Gasteiger partial charge in [0, 0.05) is 18.7 Å². The Morgan fingerprint density at radius 1 is 1.39 bits per heavy atom. The third-order valence-corrected chi connectivity index (χ3v) is 4.86. The molecule has 0 aliphatic carbocycles. The number of methoxy groups -OCH3 is 1. The van der Waals surface area contributed by atoms with Crippen LogP contribution in [-0.2, 0) is 0 Å². The number of halogens is 2. The van der Waals surface area contributed by atoms with Gasteiger partial charge < -0.3 is 26.2 Å². The summed E-state index contributed by atoms with van der Waals surface area (Å²) in [6.45, 7) is 3.23. The number of nitrogens with two attached hydrogens (primary N) is 1. The number of nitrogen functional groups attached to an aromatic ring is 1. The number of amides is 1. The van der Waals surface area contributed by atoms with E-state index in [0.717, 1.165) is 32.5 Å². The van der Waals surface area contributed by atoms with Gasteiger partial charge in [-0.25, -0.2) is 0 Å². The van der Waals surface area contributed by atoms with E-state index in [1.165, 1.54) is 7.11 Å². The van der Waals surface area contributed by atoms with Crippen LogP contribution < -0.4 is 15.8 Å². The van der Waals surface area contributed by atoms with E-state index >= 15 is 0 Å². The molecule has 1 amide bonds. The maximum absolute atomic E-state index is 12.5. The Bertz CT molecular complexity index is 563. The van der Waals surface area contributed by atoms with Crippen molar-refractivity contribution in [1.82, 2.24) is 10.2 Å². The van der Waals surface area contributed by atoms with Crippen LogP contribution in [0.15, 0.2) is 12.1 Å². The second-order valence-corrected chi connectivity index (χ2v) is 6.20. The number of benzene rings is 1.